The van der Waals surface area contributed by atoms with Crippen LogP contribution in [0.1, 0.15) is 5.56 Å². The second-order valence-corrected chi connectivity index (χ2v) is 6.71. The van der Waals surface area contributed by atoms with Crippen LogP contribution in [0.5, 0.6) is 0 Å². The molecule has 2 atom stereocenters. The third-order valence-corrected chi connectivity index (χ3v) is 4.75. The van der Waals surface area contributed by atoms with Gasteiger partial charge in [-0.3, -0.25) is 10.1 Å². The highest BCUT2D eigenvalue weighted by Gasteiger charge is 2.35. The zero-order valence-corrected chi connectivity index (χ0v) is 10.8. The van der Waals surface area contributed by atoms with Gasteiger partial charge in [-0.2, -0.15) is 0 Å². The Hall–Kier alpha value is -1.51. The van der Waals surface area contributed by atoms with E-state index in [2.05, 4.69) is 5.32 Å². The predicted octanol–water partition coefficient (Wildman–Crippen LogP) is -0.158. The summed E-state index contributed by atoms with van der Waals surface area (Å²) in [7, 11) is -3.17. The van der Waals surface area contributed by atoms with Crippen LogP contribution in [0.4, 0.5) is 5.69 Å². The maximum absolute atomic E-state index is 11.3. The summed E-state index contributed by atoms with van der Waals surface area (Å²) in [5.74, 6) is -0.300. The lowest BCUT2D eigenvalue weighted by molar-refractivity contribution is -0.384. The molecule has 1 aliphatic rings. The van der Waals surface area contributed by atoms with Crippen molar-refractivity contribution in [2.45, 2.75) is 18.7 Å². The number of hydrogen-bond acceptors (Lipinski definition) is 6. The molecule has 0 aromatic heterocycles. The van der Waals surface area contributed by atoms with Gasteiger partial charge in [-0.15, -0.1) is 0 Å². The molecular formula is C11H14N2O5S. The number of hydrogen-bond donors (Lipinski definition) is 2. The highest BCUT2D eigenvalue weighted by molar-refractivity contribution is 7.91. The monoisotopic (exact) mass is 286 g/mol. The molecule has 0 amide bonds. The number of non-ortho nitro benzene ring substituents is 1. The summed E-state index contributed by atoms with van der Waals surface area (Å²) < 4.78 is 22.6. The zero-order valence-electron chi connectivity index (χ0n) is 10.0. The van der Waals surface area contributed by atoms with E-state index in [1.165, 1.54) is 12.1 Å². The van der Waals surface area contributed by atoms with Crippen molar-refractivity contribution in [1.29, 1.82) is 0 Å². The molecule has 104 valence electrons. The van der Waals surface area contributed by atoms with Gasteiger partial charge < -0.3 is 10.4 Å². The first-order chi connectivity index (χ1) is 8.87. The molecule has 1 fully saturated rings. The van der Waals surface area contributed by atoms with Crippen LogP contribution in [-0.4, -0.2) is 42.1 Å². The van der Waals surface area contributed by atoms with Gasteiger partial charge in [0.2, 0.25) is 0 Å². The standard InChI is InChI=1S/C11H14N2O5S/c14-11-7-19(17,18)6-10(11)12-5-8-1-3-9(4-2-8)13(15)16/h1-4,10-12,14H,5-7H2/t10-,11-/m0/s1. The van der Waals surface area contributed by atoms with E-state index < -0.39 is 26.9 Å². The largest absolute Gasteiger partial charge is 0.390 e. The fourth-order valence-corrected chi connectivity index (χ4v) is 3.78. The average Bonchev–Trinajstić information content (AvgIpc) is 2.60. The third-order valence-electron chi connectivity index (χ3n) is 3.04. The van der Waals surface area contributed by atoms with Crippen molar-refractivity contribution in [1.82, 2.24) is 5.32 Å². The molecule has 0 unspecified atom stereocenters. The lowest BCUT2D eigenvalue weighted by atomic mass is 10.1. The number of nitro groups is 1. The third kappa shape index (κ3) is 3.49. The van der Waals surface area contributed by atoms with Crippen molar-refractivity contribution in [2.75, 3.05) is 11.5 Å². The average molecular weight is 286 g/mol. The fraction of sp³-hybridized carbons (Fsp3) is 0.455. The molecule has 8 heteroatoms. The molecule has 0 aliphatic carbocycles. The van der Waals surface area contributed by atoms with Gasteiger partial charge in [-0.1, -0.05) is 12.1 Å². The Bertz CT molecular complexity index is 569. The summed E-state index contributed by atoms with van der Waals surface area (Å²) in [6.45, 7) is 0.356. The Balaban J connectivity index is 1.94. The predicted molar refractivity (Wildman–Crippen MR) is 68.4 cm³/mol. The van der Waals surface area contributed by atoms with Gasteiger partial charge in [-0.05, 0) is 5.56 Å². The van der Waals surface area contributed by atoms with Gasteiger partial charge in [0.15, 0.2) is 9.84 Å². The van der Waals surface area contributed by atoms with Crippen molar-refractivity contribution in [3.8, 4) is 0 Å². The van der Waals surface area contributed by atoms with E-state index in [-0.39, 0.29) is 17.2 Å². The summed E-state index contributed by atoms with van der Waals surface area (Å²) in [5.41, 5.74) is 0.800. The van der Waals surface area contributed by atoms with Gasteiger partial charge in [0.1, 0.15) is 0 Å². The van der Waals surface area contributed by atoms with Crippen LogP contribution in [0.2, 0.25) is 0 Å². The highest BCUT2D eigenvalue weighted by Crippen LogP contribution is 2.15. The van der Waals surface area contributed by atoms with Crippen LogP contribution < -0.4 is 5.32 Å². The highest BCUT2D eigenvalue weighted by atomic mass is 32.2. The molecule has 1 saturated heterocycles. The van der Waals surface area contributed by atoms with E-state index in [9.17, 15) is 23.6 Å². The summed E-state index contributed by atoms with van der Waals surface area (Å²) in [4.78, 5) is 10.0. The minimum absolute atomic E-state index is 0.00669. The summed E-state index contributed by atoms with van der Waals surface area (Å²) in [6, 6.07) is 5.49. The number of nitrogens with zero attached hydrogens (tertiary/aromatic N) is 1. The molecule has 2 rings (SSSR count). The van der Waals surface area contributed by atoms with Gasteiger partial charge in [0.25, 0.3) is 5.69 Å². The van der Waals surface area contributed by atoms with Gasteiger partial charge in [0.05, 0.1) is 22.5 Å². The first-order valence-electron chi connectivity index (χ1n) is 5.72. The van der Waals surface area contributed by atoms with E-state index in [1.807, 2.05) is 0 Å². The summed E-state index contributed by atoms with van der Waals surface area (Å²) >= 11 is 0. The second-order valence-electron chi connectivity index (χ2n) is 4.56. The Morgan fingerprint density at radius 3 is 2.42 bits per heavy atom. The van der Waals surface area contributed by atoms with E-state index in [1.54, 1.807) is 12.1 Å². The van der Waals surface area contributed by atoms with E-state index in [4.69, 9.17) is 0 Å². The first kappa shape index (κ1) is 13.9. The number of nitrogens with one attached hydrogen (secondary N) is 1. The van der Waals surface area contributed by atoms with Gasteiger partial charge in [0, 0.05) is 24.7 Å². The van der Waals surface area contributed by atoms with E-state index >= 15 is 0 Å². The van der Waals surface area contributed by atoms with Crippen LogP contribution >= 0.6 is 0 Å². The normalized spacial score (nSPS) is 25.3. The van der Waals surface area contributed by atoms with Crippen LogP contribution in [0, 0.1) is 10.1 Å². The summed E-state index contributed by atoms with van der Waals surface area (Å²) in [6.07, 6.45) is -0.900. The zero-order chi connectivity index (χ0) is 14.0. The van der Waals surface area contributed by atoms with Crippen molar-refractivity contribution >= 4 is 15.5 Å². The molecular weight excluding hydrogens is 272 g/mol. The van der Waals surface area contributed by atoms with Crippen molar-refractivity contribution in [2.24, 2.45) is 0 Å². The molecule has 1 heterocycles. The van der Waals surface area contributed by atoms with Crippen LogP contribution in [0.25, 0.3) is 0 Å². The minimum Gasteiger partial charge on any atom is -0.390 e. The number of aliphatic hydroxyl groups excluding tert-OH is 1. The Kier molecular flexibility index (Phi) is 3.83. The summed E-state index contributed by atoms with van der Waals surface area (Å²) in [5, 5.41) is 23.0. The topological polar surface area (TPSA) is 110 Å². The van der Waals surface area contributed by atoms with Gasteiger partial charge >= 0.3 is 0 Å². The molecule has 19 heavy (non-hydrogen) atoms. The number of aliphatic hydroxyl groups is 1. The second kappa shape index (κ2) is 5.24. The molecule has 0 radical (unpaired) electrons. The maximum atomic E-state index is 11.3. The quantitative estimate of drug-likeness (QED) is 0.588. The maximum Gasteiger partial charge on any atom is 0.269 e. The number of benzene rings is 1. The van der Waals surface area contributed by atoms with Crippen LogP contribution in [-0.2, 0) is 16.4 Å². The van der Waals surface area contributed by atoms with Crippen LogP contribution in [0.15, 0.2) is 24.3 Å². The Labute approximate surface area is 110 Å². The Morgan fingerprint density at radius 2 is 1.95 bits per heavy atom. The minimum atomic E-state index is -3.17. The first-order valence-corrected chi connectivity index (χ1v) is 7.55. The molecule has 1 aromatic rings. The molecule has 7 nitrogen and oxygen atoms in total. The lowest BCUT2D eigenvalue weighted by Crippen LogP contribution is -2.38. The smallest absolute Gasteiger partial charge is 0.269 e. The number of nitro benzene ring substituents is 1. The lowest BCUT2D eigenvalue weighted by Gasteiger charge is -2.14. The van der Waals surface area contributed by atoms with Crippen LogP contribution in [0.3, 0.4) is 0 Å². The molecule has 0 saturated carbocycles. The molecule has 0 bridgehead atoms. The molecule has 1 aromatic carbocycles. The molecule has 2 N–H and O–H groups in total. The molecule has 0 spiro atoms. The number of rotatable bonds is 4. The Morgan fingerprint density at radius 1 is 1.32 bits per heavy atom. The fourth-order valence-electron chi connectivity index (χ4n) is 2.01. The molecule has 1 aliphatic heterocycles. The van der Waals surface area contributed by atoms with Crippen molar-refractivity contribution < 1.29 is 18.4 Å². The van der Waals surface area contributed by atoms with Gasteiger partial charge in [-0.25, -0.2) is 8.42 Å². The van der Waals surface area contributed by atoms with E-state index in [0.717, 1.165) is 5.56 Å². The van der Waals surface area contributed by atoms with E-state index in [0.29, 0.717) is 6.54 Å². The SMILES string of the molecule is O=[N+]([O-])c1ccc(CN[C@H]2CS(=O)(=O)C[C@@H]2O)cc1. The number of sulfone groups is 1. The van der Waals surface area contributed by atoms with Crippen molar-refractivity contribution in [3.63, 3.8) is 0 Å². The van der Waals surface area contributed by atoms with Crippen molar-refractivity contribution in [3.05, 3.63) is 39.9 Å².